The van der Waals surface area contributed by atoms with Crippen molar-refractivity contribution in [3.63, 3.8) is 0 Å². The molecule has 0 bridgehead atoms. The molecule has 25 heavy (non-hydrogen) atoms. The van der Waals surface area contributed by atoms with Crippen LogP contribution in [0.2, 0.25) is 0 Å². The first-order valence-corrected chi connectivity index (χ1v) is 9.02. The number of anilines is 1. The van der Waals surface area contributed by atoms with Crippen molar-refractivity contribution >= 4 is 39.2 Å². The molecule has 2 aromatic carbocycles. The molecule has 0 spiro atoms. The van der Waals surface area contributed by atoms with Gasteiger partial charge in [0.2, 0.25) is 0 Å². The monoisotopic (exact) mass is 399 g/mol. The highest BCUT2D eigenvalue weighted by atomic mass is 79.9. The molecule has 4 heteroatoms. The first kappa shape index (κ1) is 17.7. The maximum absolute atomic E-state index is 12.5. The Morgan fingerprint density at radius 1 is 1.16 bits per heavy atom. The van der Waals surface area contributed by atoms with E-state index in [-0.39, 0.29) is 11.3 Å². The number of halogens is 1. The molecule has 0 aromatic heterocycles. The summed E-state index contributed by atoms with van der Waals surface area (Å²) in [7, 11) is 1.68. The van der Waals surface area contributed by atoms with Gasteiger partial charge in [0.1, 0.15) is 5.75 Å². The van der Waals surface area contributed by atoms with Gasteiger partial charge in [-0.25, -0.2) is 0 Å². The Labute approximate surface area is 157 Å². The van der Waals surface area contributed by atoms with Gasteiger partial charge in [-0.15, -0.1) is 0 Å². The zero-order valence-corrected chi connectivity index (χ0v) is 16.7. The topological polar surface area (TPSA) is 38.3 Å². The maximum Gasteiger partial charge on any atom is 0.256 e. The van der Waals surface area contributed by atoms with Gasteiger partial charge in [-0.05, 0) is 53.8 Å². The van der Waals surface area contributed by atoms with E-state index in [0.29, 0.717) is 5.57 Å². The molecule has 130 valence electrons. The lowest BCUT2D eigenvalue weighted by molar-refractivity contribution is -0.110. The lowest BCUT2D eigenvalue weighted by Gasteiger charge is -2.22. The summed E-state index contributed by atoms with van der Waals surface area (Å²) in [6, 6.07) is 9.95. The second kappa shape index (κ2) is 6.34. The zero-order chi connectivity index (χ0) is 18.4. The van der Waals surface area contributed by atoms with E-state index < -0.39 is 0 Å². The molecule has 0 aliphatic carbocycles. The SMILES string of the molecule is COc1ccc(C=C2C(=O)Nc3ccc(Br)c(C)c32)cc1C(C)(C)C. The van der Waals surface area contributed by atoms with Crippen LogP contribution < -0.4 is 10.1 Å². The lowest BCUT2D eigenvalue weighted by atomic mass is 9.85. The minimum atomic E-state index is -0.0654. The molecule has 1 N–H and O–H groups in total. The van der Waals surface area contributed by atoms with E-state index in [0.717, 1.165) is 38.2 Å². The van der Waals surface area contributed by atoms with Crippen molar-refractivity contribution < 1.29 is 9.53 Å². The Kier molecular flexibility index (Phi) is 4.50. The van der Waals surface area contributed by atoms with Gasteiger partial charge in [0.25, 0.3) is 5.91 Å². The molecule has 0 saturated carbocycles. The van der Waals surface area contributed by atoms with E-state index in [2.05, 4.69) is 48.1 Å². The van der Waals surface area contributed by atoms with Crippen LogP contribution >= 0.6 is 15.9 Å². The van der Waals surface area contributed by atoms with Crippen LogP contribution in [-0.2, 0) is 10.2 Å². The highest BCUT2D eigenvalue weighted by molar-refractivity contribution is 9.10. The van der Waals surface area contributed by atoms with Gasteiger partial charge in [0, 0.05) is 26.9 Å². The molecule has 3 rings (SSSR count). The van der Waals surface area contributed by atoms with Crippen molar-refractivity contribution in [1.29, 1.82) is 0 Å². The van der Waals surface area contributed by atoms with E-state index >= 15 is 0 Å². The quantitative estimate of drug-likeness (QED) is 0.671. The summed E-state index contributed by atoms with van der Waals surface area (Å²) in [5, 5.41) is 2.95. The van der Waals surface area contributed by atoms with Crippen molar-refractivity contribution in [2.75, 3.05) is 12.4 Å². The predicted octanol–water partition coefficient (Wildman–Crippen LogP) is 5.56. The second-order valence-electron chi connectivity index (χ2n) is 7.32. The molecule has 1 heterocycles. The van der Waals surface area contributed by atoms with Crippen LogP contribution in [0, 0.1) is 6.92 Å². The number of rotatable bonds is 2. The molecule has 3 nitrogen and oxygen atoms in total. The van der Waals surface area contributed by atoms with Crippen LogP contribution in [-0.4, -0.2) is 13.0 Å². The molecular formula is C21H22BrNO2. The van der Waals surface area contributed by atoms with Gasteiger partial charge >= 0.3 is 0 Å². The van der Waals surface area contributed by atoms with Crippen LogP contribution in [0.3, 0.4) is 0 Å². The zero-order valence-electron chi connectivity index (χ0n) is 15.2. The molecule has 1 amide bonds. The van der Waals surface area contributed by atoms with Crippen LogP contribution in [0.4, 0.5) is 5.69 Å². The van der Waals surface area contributed by atoms with Gasteiger partial charge in [-0.2, -0.15) is 0 Å². The summed E-state index contributed by atoms with van der Waals surface area (Å²) in [5.41, 5.74) is 5.64. The molecule has 0 radical (unpaired) electrons. The van der Waals surface area contributed by atoms with Crippen LogP contribution in [0.5, 0.6) is 5.75 Å². The molecule has 1 aliphatic rings. The number of benzene rings is 2. The standard InChI is InChI=1S/C21H22BrNO2/c1-12-16(22)7-8-17-19(12)14(20(24)23-17)10-13-6-9-18(25-5)15(11-13)21(2,3)4/h6-11H,1-5H3,(H,23,24). The number of carbonyl (C=O) groups is 1. The number of fused-ring (bicyclic) bond motifs is 1. The van der Waals surface area contributed by atoms with E-state index in [1.807, 2.05) is 37.3 Å². The summed E-state index contributed by atoms with van der Waals surface area (Å²) < 4.78 is 6.50. The molecule has 2 aromatic rings. The largest absolute Gasteiger partial charge is 0.496 e. The van der Waals surface area contributed by atoms with E-state index in [9.17, 15) is 4.79 Å². The Bertz CT molecular complexity index is 891. The van der Waals surface area contributed by atoms with Crippen molar-refractivity contribution in [3.05, 3.63) is 57.1 Å². The number of nitrogens with one attached hydrogen (secondary N) is 1. The fourth-order valence-electron chi connectivity index (χ4n) is 3.15. The van der Waals surface area contributed by atoms with Gasteiger partial charge in [-0.3, -0.25) is 4.79 Å². The Hall–Kier alpha value is -2.07. The number of hydrogen-bond acceptors (Lipinski definition) is 2. The number of carbonyl (C=O) groups excluding carboxylic acids is 1. The van der Waals surface area contributed by atoms with Gasteiger partial charge in [0.15, 0.2) is 0 Å². The van der Waals surface area contributed by atoms with Crippen molar-refractivity contribution in [2.24, 2.45) is 0 Å². The Balaban J connectivity index is 2.15. The number of amides is 1. The Morgan fingerprint density at radius 3 is 2.52 bits per heavy atom. The molecule has 0 saturated heterocycles. The minimum absolute atomic E-state index is 0.0470. The average Bonchev–Trinajstić information content (AvgIpc) is 2.87. The normalized spacial score (nSPS) is 15.3. The van der Waals surface area contributed by atoms with Gasteiger partial charge in [0.05, 0.1) is 7.11 Å². The van der Waals surface area contributed by atoms with Crippen molar-refractivity contribution in [1.82, 2.24) is 0 Å². The predicted molar refractivity (Wildman–Crippen MR) is 107 cm³/mol. The average molecular weight is 400 g/mol. The number of ether oxygens (including phenoxy) is 1. The second-order valence-corrected chi connectivity index (χ2v) is 8.17. The summed E-state index contributed by atoms with van der Waals surface area (Å²) >= 11 is 3.56. The maximum atomic E-state index is 12.5. The highest BCUT2D eigenvalue weighted by Crippen LogP contribution is 2.39. The highest BCUT2D eigenvalue weighted by Gasteiger charge is 2.27. The fraction of sp³-hybridized carbons (Fsp3) is 0.286. The van der Waals surface area contributed by atoms with E-state index in [4.69, 9.17) is 4.74 Å². The summed E-state index contributed by atoms with van der Waals surface area (Å²) in [4.78, 5) is 12.5. The lowest BCUT2D eigenvalue weighted by Crippen LogP contribution is -2.13. The Morgan fingerprint density at radius 2 is 1.88 bits per heavy atom. The first-order chi connectivity index (χ1) is 11.7. The van der Waals surface area contributed by atoms with E-state index in [1.165, 1.54) is 0 Å². The minimum Gasteiger partial charge on any atom is -0.496 e. The fourth-order valence-corrected chi connectivity index (χ4v) is 3.48. The van der Waals surface area contributed by atoms with Crippen LogP contribution in [0.1, 0.15) is 43.0 Å². The van der Waals surface area contributed by atoms with Crippen LogP contribution in [0.15, 0.2) is 34.8 Å². The third kappa shape index (κ3) is 3.23. The molecule has 0 fully saturated rings. The number of methoxy groups -OCH3 is 1. The van der Waals surface area contributed by atoms with Crippen molar-refractivity contribution in [2.45, 2.75) is 33.1 Å². The van der Waals surface area contributed by atoms with Gasteiger partial charge < -0.3 is 10.1 Å². The van der Waals surface area contributed by atoms with Crippen molar-refractivity contribution in [3.8, 4) is 5.75 Å². The number of hydrogen-bond donors (Lipinski definition) is 1. The summed E-state index contributed by atoms with van der Waals surface area (Å²) in [6.45, 7) is 8.48. The third-order valence-electron chi connectivity index (χ3n) is 4.50. The molecule has 0 atom stereocenters. The van der Waals surface area contributed by atoms with E-state index in [1.54, 1.807) is 7.11 Å². The third-order valence-corrected chi connectivity index (χ3v) is 5.36. The van der Waals surface area contributed by atoms with Crippen LogP contribution in [0.25, 0.3) is 11.6 Å². The summed E-state index contributed by atoms with van der Waals surface area (Å²) in [5.74, 6) is 0.800. The molecule has 0 unspecified atom stereocenters. The smallest absolute Gasteiger partial charge is 0.256 e. The summed E-state index contributed by atoms with van der Waals surface area (Å²) in [6.07, 6.45) is 1.95. The first-order valence-electron chi connectivity index (χ1n) is 8.23. The van der Waals surface area contributed by atoms with Gasteiger partial charge in [-0.1, -0.05) is 42.8 Å². The molecular weight excluding hydrogens is 378 g/mol. The molecule has 1 aliphatic heterocycles.